The van der Waals surface area contributed by atoms with Crippen molar-refractivity contribution in [1.82, 2.24) is 10.5 Å². The summed E-state index contributed by atoms with van der Waals surface area (Å²) in [5, 5.41) is 9.80. The van der Waals surface area contributed by atoms with Crippen LogP contribution in [0.1, 0.15) is 28.0 Å². The average molecular weight is 285 g/mol. The number of benzene rings is 1. The zero-order chi connectivity index (χ0) is 14.7. The maximum absolute atomic E-state index is 12.1. The molecule has 0 bridgehead atoms. The normalized spacial score (nSPS) is 17.9. The Labute approximate surface area is 123 Å². The molecule has 2 aromatic rings. The van der Waals surface area contributed by atoms with E-state index in [4.69, 9.17) is 4.52 Å². The van der Waals surface area contributed by atoms with E-state index in [0.717, 1.165) is 25.2 Å². The van der Waals surface area contributed by atoms with Crippen LogP contribution in [0.2, 0.25) is 0 Å². The number of aromatic nitrogens is 1. The van der Waals surface area contributed by atoms with Gasteiger partial charge in [-0.1, -0.05) is 17.3 Å². The summed E-state index contributed by atoms with van der Waals surface area (Å²) in [7, 11) is 0. The van der Waals surface area contributed by atoms with Gasteiger partial charge in [0.2, 0.25) is 5.88 Å². The van der Waals surface area contributed by atoms with Gasteiger partial charge in [-0.3, -0.25) is 10.1 Å². The molecule has 2 heterocycles. The van der Waals surface area contributed by atoms with Gasteiger partial charge in [0.05, 0.1) is 5.69 Å². The smallest absolute Gasteiger partial charge is 0.258 e. The molecule has 0 aliphatic carbocycles. The second-order valence-electron chi connectivity index (χ2n) is 5.55. The van der Waals surface area contributed by atoms with Gasteiger partial charge < -0.3 is 9.84 Å². The van der Waals surface area contributed by atoms with E-state index >= 15 is 0 Å². The maximum Gasteiger partial charge on any atom is 0.258 e. The van der Waals surface area contributed by atoms with Crippen LogP contribution in [0.5, 0.6) is 0 Å². The van der Waals surface area contributed by atoms with E-state index in [-0.39, 0.29) is 5.91 Å². The van der Waals surface area contributed by atoms with Crippen LogP contribution in [-0.2, 0) is 6.42 Å². The Balaban J connectivity index is 1.61. The van der Waals surface area contributed by atoms with Crippen molar-refractivity contribution in [3.63, 3.8) is 0 Å². The van der Waals surface area contributed by atoms with Gasteiger partial charge in [0, 0.05) is 11.6 Å². The third-order valence-electron chi connectivity index (χ3n) is 3.77. The Morgan fingerprint density at radius 2 is 2.24 bits per heavy atom. The van der Waals surface area contributed by atoms with Crippen LogP contribution in [0.25, 0.3) is 0 Å². The lowest BCUT2D eigenvalue weighted by Crippen LogP contribution is -2.12. The zero-order valence-corrected chi connectivity index (χ0v) is 12.1. The van der Waals surface area contributed by atoms with Gasteiger partial charge in [-0.05, 0) is 56.5 Å². The minimum absolute atomic E-state index is 0.180. The Bertz CT molecular complexity index is 613. The molecule has 1 amide bonds. The van der Waals surface area contributed by atoms with Gasteiger partial charge >= 0.3 is 0 Å². The molecular weight excluding hydrogens is 266 g/mol. The highest BCUT2D eigenvalue weighted by Gasteiger charge is 2.15. The summed E-state index contributed by atoms with van der Waals surface area (Å²) < 4.78 is 4.98. The molecule has 1 aliphatic heterocycles. The summed E-state index contributed by atoms with van der Waals surface area (Å²) in [5.41, 5.74) is 2.64. The van der Waals surface area contributed by atoms with Gasteiger partial charge in [-0.2, -0.15) is 0 Å². The average Bonchev–Trinajstić information content (AvgIpc) is 3.12. The van der Waals surface area contributed by atoms with Gasteiger partial charge in [-0.25, -0.2) is 0 Å². The quantitative estimate of drug-likeness (QED) is 0.905. The lowest BCUT2D eigenvalue weighted by atomic mass is 9.98. The van der Waals surface area contributed by atoms with E-state index in [1.54, 1.807) is 6.07 Å². The number of amides is 1. The molecule has 1 saturated heterocycles. The van der Waals surface area contributed by atoms with Crippen LogP contribution in [0, 0.1) is 12.8 Å². The number of aryl methyl sites for hydroxylation is 1. The van der Waals surface area contributed by atoms with Gasteiger partial charge in [-0.15, -0.1) is 0 Å². The summed E-state index contributed by atoms with van der Waals surface area (Å²) in [6, 6.07) is 9.46. The number of carbonyl (C=O) groups is 1. The molecule has 3 rings (SSSR count). The number of rotatable bonds is 4. The highest BCUT2D eigenvalue weighted by molar-refractivity contribution is 6.03. The predicted molar refractivity (Wildman–Crippen MR) is 80.3 cm³/mol. The topological polar surface area (TPSA) is 67.2 Å². The van der Waals surface area contributed by atoms with Crippen LogP contribution < -0.4 is 10.6 Å². The number of hydrogen-bond donors (Lipinski definition) is 2. The van der Waals surface area contributed by atoms with E-state index in [1.165, 1.54) is 12.0 Å². The molecule has 1 aromatic carbocycles. The molecule has 0 spiro atoms. The second-order valence-corrected chi connectivity index (χ2v) is 5.55. The molecule has 0 radical (unpaired) electrons. The van der Waals surface area contributed by atoms with Crippen molar-refractivity contribution in [3.8, 4) is 0 Å². The highest BCUT2D eigenvalue weighted by Crippen LogP contribution is 2.16. The third-order valence-corrected chi connectivity index (χ3v) is 3.77. The number of nitrogens with zero attached hydrogens (tertiary/aromatic N) is 1. The first-order valence-corrected chi connectivity index (χ1v) is 7.25. The summed E-state index contributed by atoms with van der Waals surface area (Å²) in [6.07, 6.45) is 2.29. The Kier molecular flexibility index (Phi) is 4.01. The fourth-order valence-electron chi connectivity index (χ4n) is 2.62. The largest absolute Gasteiger partial charge is 0.338 e. The van der Waals surface area contributed by atoms with Crippen LogP contribution in [0.4, 0.5) is 5.88 Å². The molecule has 21 heavy (non-hydrogen) atoms. The first-order valence-electron chi connectivity index (χ1n) is 7.25. The molecule has 0 saturated carbocycles. The first-order chi connectivity index (χ1) is 10.2. The van der Waals surface area contributed by atoms with Crippen molar-refractivity contribution < 1.29 is 9.32 Å². The fraction of sp³-hybridized carbons (Fsp3) is 0.375. The van der Waals surface area contributed by atoms with Crippen molar-refractivity contribution in [3.05, 3.63) is 47.2 Å². The molecule has 110 valence electrons. The van der Waals surface area contributed by atoms with Gasteiger partial charge in [0.15, 0.2) is 0 Å². The number of carbonyl (C=O) groups excluding carboxylic acids is 1. The van der Waals surface area contributed by atoms with E-state index in [2.05, 4.69) is 15.8 Å². The molecule has 1 atom stereocenters. The van der Waals surface area contributed by atoms with Crippen molar-refractivity contribution >= 4 is 11.8 Å². The van der Waals surface area contributed by atoms with Crippen molar-refractivity contribution in [2.45, 2.75) is 19.8 Å². The van der Waals surface area contributed by atoms with E-state index in [1.807, 2.05) is 31.2 Å². The molecule has 5 nitrogen and oxygen atoms in total. The summed E-state index contributed by atoms with van der Waals surface area (Å²) in [5.74, 6) is 0.903. The second kappa shape index (κ2) is 6.10. The van der Waals surface area contributed by atoms with Crippen LogP contribution in [0.3, 0.4) is 0 Å². The minimum atomic E-state index is -0.180. The SMILES string of the molecule is Cc1cc(NC(=O)c2ccc(CC3CCNC3)cc2)on1. The van der Waals surface area contributed by atoms with Crippen LogP contribution in [-0.4, -0.2) is 24.2 Å². The molecule has 2 N–H and O–H groups in total. The fourth-order valence-corrected chi connectivity index (χ4v) is 2.62. The molecule has 1 fully saturated rings. The van der Waals surface area contributed by atoms with Crippen LogP contribution in [0.15, 0.2) is 34.9 Å². The standard InChI is InChI=1S/C16H19N3O2/c1-11-8-15(21-19-11)18-16(20)14-4-2-12(3-5-14)9-13-6-7-17-10-13/h2-5,8,13,17H,6-7,9-10H2,1H3,(H,18,20). The van der Waals surface area contributed by atoms with Crippen LogP contribution >= 0.6 is 0 Å². The van der Waals surface area contributed by atoms with Crippen molar-refractivity contribution in [2.75, 3.05) is 18.4 Å². The Hall–Kier alpha value is -2.14. The molecule has 1 aromatic heterocycles. The summed E-state index contributed by atoms with van der Waals surface area (Å²) >= 11 is 0. The Morgan fingerprint density at radius 3 is 2.86 bits per heavy atom. The van der Waals surface area contributed by atoms with Crippen molar-refractivity contribution in [1.29, 1.82) is 0 Å². The number of anilines is 1. The van der Waals surface area contributed by atoms with Gasteiger partial charge in [0.1, 0.15) is 0 Å². The highest BCUT2D eigenvalue weighted by atomic mass is 16.5. The molecule has 1 unspecified atom stereocenters. The van der Waals surface area contributed by atoms with E-state index in [9.17, 15) is 4.79 Å². The minimum Gasteiger partial charge on any atom is -0.338 e. The Morgan fingerprint density at radius 1 is 1.43 bits per heavy atom. The van der Waals surface area contributed by atoms with Gasteiger partial charge in [0.25, 0.3) is 5.91 Å². The predicted octanol–water partition coefficient (Wildman–Crippen LogP) is 2.39. The molecule has 1 aliphatic rings. The number of hydrogen-bond acceptors (Lipinski definition) is 4. The maximum atomic E-state index is 12.1. The molecular formula is C16H19N3O2. The number of nitrogens with one attached hydrogen (secondary N) is 2. The van der Waals surface area contributed by atoms with E-state index < -0.39 is 0 Å². The zero-order valence-electron chi connectivity index (χ0n) is 12.1. The first kappa shape index (κ1) is 13.8. The molecule has 5 heteroatoms. The summed E-state index contributed by atoms with van der Waals surface area (Å²) in [6.45, 7) is 4.01. The van der Waals surface area contributed by atoms with Crippen molar-refractivity contribution in [2.24, 2.45) is 5.92 Å². The lowest BCUT2D eigenvalue weighted by Gasteiger charge is -2.08. The lowest BCUT2D eigenvalue weighted by molar-refractivity contribution is 0.102. The summed E-state index contributed by atoms with van der Waals surface area (Å²) in [4.78, 5) is 12.1. The monoisotopic (exact) mass is 285 g/mol. The third kappa shape index (κ3) is 3.49. The van der Waals surface area contributed by atoms with E-state index in [0.29, 0.717) is 17.4 Å².